The number of aryl methyl sites for hydroxylation is 1. The van der Waals surface area contributed by atoms with Crippen molar-refractivity contribution in [3.8, 4) is 0 Å². The van der Waals surface area contributed by atoms with Gasteiger partial charge >= 0.3 is 0 Å². The van der Waals surface area contributed by atoms with E-state index < -0.39 is 0 Å². The number of amides is 1. The Balaban J connectivity index is 1.66. The number of piperazine rings is 1. The van der Waals surface area contributed by atoms with E-state index in [2.05, 4.69) is 15.4 Å². The van der Waals surface area contributed by atoms with Crippen LogP contribution in [0.5, 0.6) is 0 Å². The monoisotopic (exact) mass is 384 g/mol. The molecule has 1 aliphatic heterocycles. The van der Waals surface area contributed by atoms with Gasteiger partial charge in [0.05, 0.1) is 18.4 Å². The Morgan fingerprint density at radius 3 is 2.68 bits per heavy atom. The first-order valence-electron chi connectivity index (χ1n) is 9.42. The highest BCUT2D eigenvalue weighted by atomic mass is 16.2. The number of pyridine rings is 1. The van der Waals surface area contributed by atoms with Crippen LogP contribution in [0.25, 0.3) is 0 Å². The smallest absolute Gasteiger partial charge is 0.246 e. The van der Waals surface area contributed by atoms with Crippen LogP contribution in [0.1, 0.15) is 12.5 Å². The summed E-state index contributed by atoms with van der Waals surface area (Å²) in [6.45, 7) is 4.89. The topological polar surface area (TPSA) is 81.9 Å². The molecule has 2 aromatic heterocycles. The Hall–Kier alpha value is -3.10. The van der Waals surface area contributed by atoms with Crippen molar-refractivity contribution in [3.05, 3.63) is 36.3 Å². The summed E-state index contributed by atoms with van der Waals surface area (Å²) in [7, 11) is 5.78. The third-order valence-corrected chi connectivity index (χ3v) is 4.54. The molecule has 0 atom stereocenters. The van der Waals surface area contributed by atoms with Crippen LogP contribution >= 0.6 is 0 Å². The predicted molar refractivity (Wildman–Crippen MR) is 111 cm³/mol. The lowest BCUT2D eigenvalue weighted by atomic mass is 10.2. The summed E-state index contributed by atoms with van der Waals surface area (Å²) in [5.41, 5.74) is 1.86. The number of aliphatic imine (C=N–C) groups is 1. The van der Waals surface area contributed by atoms with Crippen LogP contribution in [0.2, 0.25) is 0 Å². The summed E-state index contributed by atoms with van der Waals surface area (Å²) in [6, 6.07) is 4.01. The zero-order chi connectivity index (χ0) is 20.1. The van der Waals surface area contributed by atoms with Crippen molar-refractivity contribution >= 4 is 23.4 Å². The lowest BCUT2D eigenvalue weighted by molar-refractivity contribution is -0.120. The second-order valence-corrected chi connectivity index (χ2v) is 6.93. The molecule has 1 aliphatic rings. The van der Waals surface area contributed by atoms with Crippen molar-refractivity contribution < 1.29 is 4.79 Å². The fourth-order valence-electron chi connectivity index (χ4n) is 3.04. The number of nitrogens with one attached hydrogen (secondary N) is 1. The van der Waals surface area contributed by atoms with Crippen LogP contribution in [0.4, 0.5) is 11.5 Å². The molecule has 3 rings (SSSR count). The van der Waals surface area contributed by atoms with Gasteiger partial charge in [-0.15, -0.1) is 0 Å². The molecule has 1 saturated heterocycles. The van der Waals surface area contributed by atoms with Gasteiger partial charge in [0.25, 0.3) is 0 Å². The molecule has 1 N–H and O–H groups in total. The summed E-state index contributed by atoms with van der Waals surface area (Å²) in [5.74, 6) is 1.71. The molecule has 9 nitrogen and oxygen atoms in total. The molecule has 0 aliphatic carbocycles. The number of hydrogen-bond acceptors (Lipinski definition) is 5. The second kappa shape index (κ2) is 8.73. The summed E-state index contributed by atoms with van der Waals surface area (Å²) in [5, 5.41) is 7.45. The van der Waals surface area contributed by atoms with E-state index in [0.717, 1.165) is 29.6 Å². The minimum absolute atomic E-state index is 0.0434. The number of aromatic nitrogens is 3. The predicted octanol–water partition coefficient (Wildman–Crippen LogP) is 0.695. The maximum Gasteiger partial charge on any atom is 0.246 e. The van der Waals surface area contributed by atoms with Crippen molar-refractivity contribution in [3.63, 3.8) is 0 Å². The first kappa shape index (κ1) is 19.7. The molecule has 9 heteroatoms. The van der Waals surface area contributed by atoms with E-state index in [9.17, 15) is 4.79 Å². The van der Waals surface area contributed by atoms with Gasteiger partial charge in [0.2, 0.25) is 5.91 Å². The molecule has 1 fully saturated rings. The summed E-state index contributed by atoms with van der Waals surface area (Å²) >= 11 is 0. The van der Waals surface area contributed by atoms with E-state index in [4.69, 9.17) is 4.99 Å². The van der Waals surface area contributed by atoms with Crippen LogP contribution in [-0.4, -0.2) is 71.8 Å². The molecular weight excluding hydrogens is 356 g/mol. The summed E-state index contributed by atoms with van der Waals surface area (Å²) < 4.78 is 1.70. The largest absolute Gasteiger partial charge is 0.363 e. The van der Waals surface area contributed by atoms with Crippen molar-refractivity contribution in [2.45, 2.75) is 13.5 Å². The van der Waals surface area contributed by atoms with Crippen molar-refractivity contribution in [1.29, 1.82) is 0 Å². The second-order valence-electron chi connectivity index (χ2n) is 6.93. The Labute approximate surface area is 165 Å². The fourth-order valence-corrected chi connectivity index (χ4v) is 3.04. The van der Waals surface area contributed by atoms with E-state index in [1.54, 1.807) is 15.8 Å². The number of carbonyl (C=O) groups is 1. The van der Waals surface area contributed by atoms with Crippen LogP contribution in [0.15, 0.2) is 35.7 Å². The maximum absolute atomic E-state index is 12.6. The van der Waals surface area contributed by atoms with Gasteiger partial charge < -0.3 is 20.0 Å². The van der Waals surface area contributed by atoms with Crippen LogP contribution < -0.4 is 15.1 Å². The van der Waals surface area contributed by atoms with E-state index in [-0.39, 0.29) is 5.91 Å². The normalized spacial score (nSPS) is 15.1. The number of carbonyl (C=O) groups excluding carboxylic acids is 1. The van der Waals surface area contributed by atoms with E-state index in [1.165, 1.54) is 0 Å². The van der Waals surface area contributed by atoms with Gasteiger partial charge in [-0.3, -0.25) is 9.48 Å². The van der Waals surface area contributed by atoms with E-state index >= 15 is 0 Å². The molecule has 0 unspecified atom stereocenters. The Bertz CT molecular complexity index is 827. The molecule has 0 saturated carbocycles. The number of guanidine groups is 1. The fraction of sp³-hybridized carbons (Fsp3) is 0.474. The van der Waals surface area contributed by atoms with Gasteiger partial charge in [0, 0.05) is 53.2 Å². The third-order valence-electron chi connectivity index (χ3n) is 4.54. The van der Waals surface area contributed by atoms with Gasteiger partial charge in [-0.05, 0) is 18.6 Å². The molecule has 3 heterocycles. The summed E-state index contributed by atoms with van der Waals surface area (Å²) in [4.78, 5) is 27.5. The number of rotatable bonds is 5. The standard InChI is InChI=1S/C19H28N8O/c1-5-20-19(22-11-15-6-7-17(21-10-15)24(2)3)26-8-9-27(18(28)14-26)16-12-23-25(4)13-16/h6-7,10,12-13H,5,8-9,11,14H2,1-4H3,(H,20,22). The molecule has 1 amide bonds. The minimum Gasteiger partial charge on any atom is -0.363 e. The lowest BCUT2D eigenvalue weighted by Gasteiger charge is -2.35. The quantitative estimate of drug-likeness (QED) is 0.604. The van der Waals surface area contributed by atoms with E-state index in [0.29, 0.717) is 26.2 Å². The zero-order valence-corrected chi connectivity index (χ0v) is 17.0. The molecule has 0 bridgehead atoms. The van der Waals surface area contributed by atoms with Gasteiger partial charge in [0.1, 0.15) is 12.4 Å². The number of nitrogens with zero attached hydrogens (tertiary/aromatic N) is 7. The van der Waals surface area contributed by atoms with Gasteiger partial charge in [-0.1, -0.05) is 6.07 Å². The molecule has 0 radical (unpaired) electrons. The van der Waals surface area contributed by atoms with Crippen LogP contribution in [0, 0.1) is 0 Å². The zero-order valence-electron chi connectivity index (χ0n) is 17.0. The lowest BCUT2D eigenvalue weighted by Crippen LogP contribution is -2.55. The Morgan fingerprint density at radius 1 is 1.29 bits per heavy atom. The Kier molecular flexibility index (Phi) is 6.13. The van der Waals surface area contributed by atoms with Gasteiger partial charge in [0.15, 0.2) is 5.96 Å². The highest BCUT2D eigenvalue weighted by molar-refractivity contribution is 5.98. The summed E-state index contributed by atoms with van der Waals surface area (Å²) in [6.07, 6.45) is 5.42. The number of hydrogen-bond donors (Lipinski definition) is 1. The molecule has 150 valence electrons. The van der Waals surface area contributed by atoms with Crippen molar-refractivity contribution in [2.24, 2.45) is 12.0 Å². The molecule has 2 aromatic rings. The third kappa shape index (κ3) is 4.59. The molecule has 0 spiro atoms. The Morgan fingerprint density at radius 2 is 2.11 bits per heavy atom. The molecular formula is C19H28N8O. The van der Waals surface area contributed by atoms with E-state index in [1.807, 2.05) is 62.4 Å². The SMILES string of the molecule is CCNC(=NCc1ccc(N(C)C)nc1)N1CCN(c2cnn(C)c2)C(=O)C1. The van der Waals surface area contributed by atoms with Crippen molar-refractivity contribution in [1.82, 2.24) is 25.0 Å². The minimum atomic E-state index is 0.0434. The first-order chi connectivity index (χ1) is 13.5. The van der Waals surface area contributed by atoms with Gasteiger partial charge in [-0.25, -0.2) is 9.98 Å². The first-order valence-corrected chi connectivity index (χ1v) is 9.42. The molecule has 0 aromatic carbocycles. The van der Waals surface area contributed by atoms with Crippen molar-refractivity contribution in [2.75, 3.05) is 50.1 Å². The highest BCUT2D eigenvalue weighted by Gasteiger charge is 2.27. The van der Waals surface area contributed by atoms with Crippen LogP contribution in [-0.2, 0) is 18.4 Å². The average molecular weight is 384 g/mol. The van der Waals surface area contributed by atoms with Gasteiger partial charge in [-0.2, -0.15) is 5.10 Å². The number of anilines is 2. The molecule has 28 heavy (non-hydrogen) atoms. The maximum atomic E-state index is 12.6. The highest BCUT2D eigenvalue weighted by Crippen LogP contribution is 2.16. The van der Waals surface area contributed by atoms with Crippen LogP contribution in [0.3, 0.4) is 0 Å². The average Bonchev–Trinajstić information content (AvgIpc) is 3.11.